The summed E-state index contributed by atoms with van der Waals surface area (Å²) >= 11 is 0. The van der Waals surface area contributed by atoms with E-state index in [0.717, 1.165) is 17.5 Å². The predicted octanol–water partition coefficient (Wildman–Crippen LogP) is 1.89. The van der Waals surface area contributed by atoms with Crippen molar-refractivity contribution in [1.29, 1.82) is 0 Å². The van der Waals surface area contributed by atoms with E-state index in [-0.39, 0.29) is 5.75 Å². The molecule has 0 aliphatic rings. The highest BCUT2D eigenvalue weighted by molar-refractivity contribution is 7.89. The van der Waals surface area contributed by atoms with Gasteiger partial charge in [-0.1, -0.05) is 25.5 Å². The summed E-state index contributed by atoms with van der Waals surface area (Å²) in [5.74, 6) is -1.33. The Morgan fingerprint density at radius 3 is 2.56 bits per heavy atom. The number of carbonyl (C=O) groups is 2. The number of nitrogens with one attached hydrogen (secondary N) is 2. The summed E-state index contributed by atoms with van der Waals surface area (Å²) in [6.45, 7) is 6.54. The summed E-state index contributed by atoms with van der Waals surface area (Å²) in [4.78, 5) is 23.7. The monoisotopic (exact) mass is 370 g/mol. The van der Waals surface area contributed by atoms with Crippen LogP contribution in [0.25, 0.3) is 0 Å². The highest BCUT2D eigenvalue weighted by Gasteiger charge is 2.21. The van der Waals surface area contributed by atoms with Gasteiger partial charge in [-0.05, 0) is 44.4 Å². The van der Waals surface area contributed by atoms with E-state index < -0.39 is 34.5 Å². The van der Waals surface area contributed by atoms with Gasteiger partial charge in [0.2, 0.25) is 10.0 Å². The van der Waals surface area contributed by atoms with E-state index >= 15 is 0 Å². The molecule has 0 spiro atoms. The molecule has 0 unspecified atom stereocenters. The Morgan fingerprint density at radius 2 is 1.92 bits per heavy atom. The van der Waals surface area contributed by atoms with Crippen LogP contribution in [0.3, 0.4) is 0 Å². The van der Waals surface area contributed by atoms with Crippen LogP contribution in [-0.4, -0.2) is 38.7 Å². The second kappa shape index (κ2) is 9.53. The lowest BCUT2D eigenvalue weighted by molar-refractivity contribution is -0.148. The smallest absolute Gasteiger partial charge is 0.324 e. The fourth-order valence-electron chi connectivity index (χ4n) is 2.03. The summed E-state index contributed by atoms with van der Waals surface area (Å²) < 4.78 is 30.6. The first-order valence-electron chi connectivity index (χ1n) is 8.18. The summed E-state index contributed by atoms with van der Waals surface area (Å²) in [6.07, 6.45) is 1.24. The Bertz CT molecular complexity index is 716. The molecule has 0 radical (unpaired) electrons. The number of ether oxygens (including phenoxy) is 1. The van der Waals surface area contributed by atoms with E-state index in [9.17, 15) is 18.0 Å². The zero-order chi connectivity index (χ0) is 19.0. The van der Waals surface area contributed by atoms with Crippen LogP contribution in [0, 0.1) is 13.8 Å². The van der Waals surface area contributed by atoms with Crippen molar-refractivity contribution in [2.24, 2.45) is 0 Å². The van der Waals surface area contributed by atoms with Gasteiger partial charge in [-0.15, -0.1) is 0 Å². The van der Waals surface area contributed by atoms with Crippen LogP contribution in [0.15, 0.2) is 18.2 Å². The van der Waals surface area contributed by atoms with Gasteiger partial charge < -0.3 is 10.1 Å². The maximum Gasteiger partial charge on any atom is 0.324 e. The minimum Gasteiger partial charge on any atom is -0.454 e. The Labute approximate surface area is 149 Å². The van der Waals surface area contributed by atoms with Crippen LogP contribution in [0.5, 0.6) is 0 Å². The zero-order valence-electron chi connectivity index (χ0n) is 15.1. The first kappa shape index (κ1) is 21.1. The summed E-state index contributed by atoms with van der Waals surface area (Å²) in [6, 6.07) is 4.58. The number of unbranched alkanes of at least 4 members (excludes halogenated alkanes) is 1. The third kappa shape index (κ3) is 7.66. The molecule has 1 atom stereocenters. The van der Waals surface area contributed by atoms with Crippen LogP contribution in [0.4, 0.5) is 5.69 Å². The van der Waals surface area contributed by atoms with Crippen LogP contribution in [-0.2, 0) is 24.3 Å². The molecular weight excluding hydrogens is 344 g/mol. The van der Waals surface area contributed by atoms with Gasteiger partial charge in [0, 0.05) is 5.69 Å². The Balaban J connectivity index is 2.49. The van der Waals surface area contributed by atoms with Gasteiger partial charge in [0.05, 0.1) is 5.75 Å². The van der Waals surface area contributed by atoms with Gasteiger partial charge in [0.15, 0.2) is 6.61 Å². The summed E-state index contributed by atoms with van der Waals surface area (Å²) in [5, 5.41) is 2.67. The van der Waals surface area contributed by atoms with Crippen molar-refractivity contribution in [1.82, 2.24) is 4.72 Å². The number of aryl methyl sites for hydroxylation is 2. The minimum atomic E-state index is -3.54. The van der Waals surface area contributed by atoms with E-state index in [1.165, 1.54) is 6.92 Å². The van der Waals surface area contributed by atoms with Gasteiger partial charge in [0.25, 0.3) is 5.91 Å². The van der Waals surface area contributed by atoms with E-state index in [4.69, 9.17) is 4.74 Å². The standard InChI is InChI=1S/C17H26N2O5S/c1-5-6-9-25(22,23)19-14(4)17(21)24-11-16(20)18-15-10-12(2)7-8-13(15)3/h7-8,10,14,19H,5-6,9,11H2,1-4H3,(H,18,20)/t14-/m0/s1. The summed E-state index contributed by atoms with van der Waals surface area (Å²) in [7, 11) is -3.54. The predicted molar refractivity (Wildman–Crippen MR) is 96.8 cm³/mol. The molecule has 0 aromatic heterocycles. The number of hydrogen-bond donors (Lipinski definition) is 2. The summed E-state index contributed by atoms with van der Waals surface area (Å²) in [5.41, 5.74) is 2.53. The lowest BCUT2D eigenvalue weighted by atomic mass is 10.1. The second-order valence-corrected chi connectivity index (χ2v) is 7.86. The maximum absolute atomic E-state index is 11.9. The fourth-order valence-corrected chi connectivity index (χ4v) is 3.45. The molecule has 0 aliphatic heterocycles. The first-order valence-corrected chi connectivity index (χ1v) is 9.83. The van der Waals surface area contributed by atoms with Crippen molar-refractivity contribution in [3.63, 3.8) is 0 Å². The molecule has 0 saturated carbocycles. The number of hydrogen-bond acceptors (Lipinski definition) is 5. The van der Waals surface area contributed by atoms with Crippen LogP contribution in [0.1, 0.15) is 37.8 Å². The molecule has 7 nitrogen and oxygen atoms in total. The van der Waals surface area contributed by atoms with Crippen molar-refractivity contribution in [2.45, 2.75) is 46.6 Å². The molecule has 0 aliphatic carbocycles. The van der Waals surface area contributed by atoms with Crippen molar-refractivity contribution in [2.75, 3.05) is 17.7 Å². The third-order valence-corrected chi connectivity index (χ3v) is 5.03. The Kier molecular flexibility index (Phi) is 8.05. The van der Waals surface area contributed by atoms with Gasteiger partial charge in [-0.3, -0.25) is 9.59 Å². The van der Waals surface area contributed by atoms with E-state index in [0.29, 0.717) is 12.1 Å². The van der Waals surface area contributed by atoms with Crippen LogP contribution < -0.4 is 10.0 Å². The van der Waals surface area contributed by atoms with E-state index in [1.54, 1.807) is 0 Å². The molecule has 1 amide bonds. The first-order chi connectivity index (χ1) is 11.6. The SMILES string of the molecule is CCCCS(=O)(=O)N[C@@H](C)C(=O)OCC(=O)Nc1cc(C)ccc1C. The molecule has 1 aromatic carbocycles. The van der Waals surface area contributed by atoms with Crippen LogP contribution >= 0.6 is 0 Å². The normalized spacial score (nSPS) is 12.5. The number of anilines is 1. The molecule has 1 aromatic rings. The van der Waals surface area contributed by atoms with Crippen molar-refractivity contribution in [3.8, 4) is 0 Å². The van der Waals surface area contributed by atoms with Crippen molar-refractivity contribution < 1.29 is 22.7 Å². The lowest BCUT2D eigenvalue weighted by Gasteiger charge is -2.14. The molecular formula is C17H26N2O5S. The fraction of sp³-hybridized carbons (Fsp3) is 0.529. The van der Waals surface area contributed by atoms with Gasteiger partial charge in [0.1, 0.15) is 6.04 Å². The van der Waals surface area contributed by atoms with Gasteiger partial charge >= 0.3 is 5.97 Å². The van der Waals surface area contributed by atoms with Gasteiger partial charge in [-0.2, -0.15) is 0 Å². The van der Waals surface area contributed by atoms with Gasteiger partial charge in [-0.25, -0.2) is 13.1 Å². The molecule has 0 saturated heterocycles. The highest BCUT2D eigenvalue weighted by atomic mass is 32.2. The highest BCUT2D eigenvalue weighted by Crippen LogP contribution is 2.16. The number of rotatable bonds is 9. The van der Waals surface area contributed by atoms with E-state index in [1.807, 2.05) is 39.0 Å². The number of benzene rings is 1. The average Bonchev–Trinajstić information content (AvgIpc) is 2.53. The third-order valence-electron chi connectivity index (χ3n) is 3.49. The number of sulfonamides is 1. The van der Waals surface area contributed by atoms with Crippen molar-refractivity contribution >= 4 is 27.6 Å². The molecule has 0 bridgehead atoms. The molecule has 0 fully saturated rings. The Morgan fingerprint density at radius 1 is 1.24 bits per heavy atom. The Hall–Kier alpha value is -1.93. The van der Waals surface area contributed by atoms with Crippen molar-refractivity contribution in [3.05, 3.63) is 29.3 Å². The molecule has 0 heterocycles. The number of carbonyl (C=O) groups excluding carboxylic acids is 2. The largest absolute Gasteiger partial charge is 0.454 e. The number of esters is 1. The van der Waals surface area contributed by atoms with E-state index in [2.05, 4.69) is 10.0 Å². The molecule has 140 valence electrons. The zero-order valence-corrected chi connectivity index (χ0v) is 15.9. The van der Waals surface area contributed by atoms with Crippen LogP contribution in [0.2, 0.25) is 0 Å². The average molecular weight is 370 g/mol. The minimum absolute atomic E-state index is 0.0474. The lowest BCUT2D eigenvalue weighted by Crippen LogP contribution is -2.41. The second-order valence-electron chi connectivity index (χ2n) is 5.99. The quantitative estimate of drug-likeness (QED) is 0.647. The topological polar surface area (TPSA) is 102 Å². The number of amides is 1. The maximum atomic E-state index is 11.9. The molecule has 25 heavy (non-hydrogen) atoms. The molecule has 2 N–H and O–H groups in total. The molecule has 1 rings (SSSR count). The molecule has 8 heteroatoms.